The molecule has 8 heteroatoms. The molecule has 0 saturated carbocycles. The first-order chi connectivity index (χ1) is 11.7. The van der Waals surface area contributed by atoms with Crippen molar-refractivity contribution in [3.8, 4) is 5.75 Å². The fourth-order valence-corrected chi connectivity index (χ4v) is 2.58. The summed E-state index contributed by atoms with van der Waals surface area (Å²) < 4.78 is 10.6. The first kappa shape index (κ1) is 19.2. The van der Waals surface area contributed by atoms with Gasteiger partial charge in [0.2, 0.25) is 11.7 Å². The normalized spacial score (nSPS) is 14.6. The van der Waals surface area contributed by atoms with E-state index in [-0.39, 0.29) is 31.0 Å². The van der Waals surface area contributed by atoms with Crippen LogP contribution in [0, 0.1) is 0 Å². The summed E-state index contributed by atoms with van der Waals surface area (Å²) in [5, 5.41) is 10.2. The zero-order valence-corrected chi connectivity index (χ0v) is 15.0. The second-order valence-electron chi connectivity index (χ2n) is 5.77. The van der Waals surface area contributed by atoms with E-state index in [2.05, 4.69) is 20.8 Å². The van der Waals surface area contributed by atoms with Crippen molar-refractivity contribution in [2.24, 2.45) is 0 Å². The minimum atomic E-state index is -0.0424. The Balaban J connectivity index is 0.00000225. The van der Waals surface area contributed by atoms with Crippen LogP contribution in [0.1, 0.15) is 41.8 Å². The van der Waals surface area contributed by atoms with Crippen LogP contribution in [0.4, 0.5) is 0 Å². The van der Waals surface area contributed by atoms with E-state index in [9.17, 15) is 4.79 Å². The molecule has 136 valence electrons. The molecule has 2 aromatic rings. The number of piperidine rings is 1. The molecule has 1 aromatic heterocycles. The van der Waals surface area contributed by atoms with Gasteiger partial charge in [-0.05, 0) is 50.2 Å². The Morgan fingerprint density at radius 1 is 1.32 bits per heavy atom. The van der Waals surface area contributed by atoms with E-state index in [4.69, 9.17) is 9.26 Å². The van der Waals surface area contributed by atoms with Crippen LogP contribution >= 0.6 is 12.4 Å². The Kier molecular flexibility index (Phi) is 7.21. The van der Waals surface area contributed by atoms with Gasteiger partial charge in [-0.1, -0.05) is 12.1 Å². The third-order valence-corrected chi connectivity index (χ3v) is 3.97. The molecule has 0 spiro atoms. The minimum absolute atomic E-state index is 0. The monoisotopic (exact) mass is 366 g/mol. The molecule has 1 fully saturated rings. The lowest BCUT2D eigenvalue weighted by Crippen LogP contribution is -2.42. The van der Waals surface area contributed by atoms with Gasteiger partial charge in [0, 0.05) is 18.0 Å². The number of aryl methyl sites for hydroxylation is 1. The highest BCUT2D eigenvalue weighted by atomic mass is 35.5. The highest BCUT2D eigenvalue weighted by Gasteiger charge is 2.16. The number of halogens is 1. The molecule has 0 bridgehead atoms. The number of carbonyl (C=O) groups is 1. The molecule has 1 aromatic carbocycles. The van der Waals surface area contributed by atoms with Crippen molar-refractivity contribution >= 4 is 18.3 Å². The maximum Gasteiger partial charge on any atom is 0.251 e. The van der Waals surface area contributed by atoms with Gasteiger partial charge in [0.1, 0.15) is 5.75 Å². The van der Waals surface area contributed by atoms with Crippen molar-refractivity contribution in [3.63, 3.8) is 0 Å². The van der Waals surface area contributed by atoms with E-state index in [1.807, 2.05) is 6.92 Å². The fraction of sp³-hybridized carbons (Fsp3) is 0.471. The van der Waals surface area contributed by atoms with Crippen LogP contribution in [0.2, 0.25) is 0 Å². The molecule has 1 amide bonds. The third-order valence-electron chi connectivity index (χ3n) is 3.97. The van der Waals surface area contributed by atoms with Gasteiger partial charge in [-0.15, -0.1) is 12.4 Å². The summed E-state index contributed by atoms with van der Waals surface area (Å²) in [6, 6.07) is 7.33. The third kappa shape index (κ3) is 5.44. The van der Waals surface area contributed by atoms with Crippen molar-refractivity contribution in [1.29, 1.82) is 0 Å². The average molecular weight is 367 g/mol. The quantitative estimate of drug-likeness (QED) is 0.814. The molecule has 1 aliphatic heterocycles. The molecule has 0 atom stereocenters. The molecule has 7 nitrogen and oxygen atoms in total. The minimum Gasteiger partial charge on any atom is -0.485 e. The van der Waals surface area contributed by atoms with E-state index in [0.29, 0.717) is 29.4 Å². The van der Waals surface area contributed by atoms with Crippen LogP contribution in [0.25, 0.3) is 0 Å². The molecule has 3 rings (SSSR count). The fourth-order valence-electron chi connectivity index (χ4n) is 2.58. The number of rotatable bonds is 6. The second kappa shape index (κ2) is 9.39. The van der Waals surface area contributed by atoms with Gasteiger partial charge in [0.05, 0.1) is 0 Å². The largest absolute Gasteiger partial charge is 0.485 e. The van der Waals surface area contributed by atoms with Gasteiger partial charge in [-0.3, -0.25) is 4.79 Å². The Morgan fingerprint density at radius 3 is 2.68 bits per heavy atom. The Hall–Kier alpha value is -2.12. The first-order valence-electron chi connectivity index (χ1n) is 8.30. The molecule has 25 heavy (non-hydrogen) atoms. The predicted octanol–water partition coefficient (Wildman–Crippen LogP) is 2.11. The summed E-state index contributed by atoms with van der Waals surface area (Å²) >= 11 is 0. The Labute approximate surface area is 152 Å². The van der Waals surface area contributed by atoms with Crippen molar-refractivity contribution in [1.82, 2.24) is 20.8 Å². The summed E-state index contributed by atoms with van der Waals surface area (Å²) in [6.07, 6.45) is 2.64. The predicted molar refractivity (Wildman–Crippen MR) is 95.1 cm³/mol. The first-order valence-corrected chi connectivity index (χ1v) is 8.30. The van der Waals surface area contributed by atoms with Crippen molar-refractivity contribution < 1.29 is 14.1 Å². The summed E-state index contributed by atoms with van der Waals surface area (Å²) in [5.41, 5.74) is 0.633. The molecule has 2 heterocycles. The lowest BCUT2D eigenvalue weighted by molar-refractivity contribution is 0.0929. The topological polar surface area (TPSA) is 89.3 Å². The summed E-state index contributed by atoms with van der Waals surface area (Å²) in [6.45, 7) is 4.09. The summed E-state index contributed by atoms with van der Waals surface area (Å²) in [4.78, 5) is 16.4. The molecular weight excluding hydrogens is 344 g/mol. The highest BCUT2D eigenvalue weighted by molar-refractivity contribution is 5.94. The standard InChI is InChI=1S/C17H22N4O3.ClH/c1-2-16-20-15(21-24-16)11-23-14-5-3-12(4-6-14)17(22)19-13-7-9-18-10-8-13;/h3-6,13,18H,2,7-11H2,1H3,(H,19,22);1H. The smallest absolute Gasteiger partial charge is 0.251 e. The zero-order chi connectivity index (χ0) is 16.8. The Bertz CT molecular complexity index is 669. The maximum atomic E-state index is 12.2. The van der Waals surface area contributed by atoms with Crippen LogP contribution in [-0.2, 0) is 13.0 Å². The number of nitrogens with zero attached hydrogens (tertiary/aromatic N) is 2. The van der Waals surface area contributed by atoms with Gasteiger partial charge >= 0.3 is 0 Å². The lowest BCUT2D eigenvalue weighted by atomic mass is 10.1. The van der Waals surface area contributed by atoms with Crippen LogP contribution in [0.5, 0.6) is 5.75 Å². The summed E-state index contributed by atoms with van der Waals surface area (Å²) in [5.74, 6) is 1.73. The second-order valence-corrected chi connectivity index (χ2v) is 5.77. The van der Waals surface area contributed by atoms with E-state index in [0.717, 1.165) is 25.9 Å². The van der Waals surface area contributed by atoms with Gasteiger partial charge in [-0.25, -0.2) is 0 Å². The van der Waals surface area contributed by atoms with Gasteiger partial charge in [0.25, 0.3) is 5.91 Å². The average Bonchev–Trinajstić information content (AvgIpc) is 3.09. The number of hydrogen-bond donors (Lipinski definition) is 2. The molecule has 0 unspecified atom stereocenters. The molecule has 0 aliphatic carbocycles. The number of amides is 1. The number of carbonyl (C=O) groups excluding carboxylic acids is 1. The summed E-state index contributed by atoms with van der Waals surface area (Å²) in [7, 11) is 0. The van der Waals surface area contributed by atoms with E-state index in [1.165, 1.54) is 0 Å². The molecule has 1 aliphatic rings. The number of hydrogen-bond acceptors (Lipinski definition) is 6. The molecule has 1 saturated heterocycles. The van der Waals surface area contributed by atoms with E-state index >= 15 is 0 Å². The number of nitrogens with one attached hydrogen (secondary N) is 2. The molecule has 2 N–H and O–H groups in total. The van der Waals surface area contributed by atoms with E-state index in [1.54, 1.807) is 24.3 Å². The maximum absolute atomic E-state index is 12.2. The van der Waals surface area contributed by atoms with Gasteiger partial charge < -0.3 is 19.9 Å². The number of benzene rings is 1. The van der Waals surface area contributed by atoms with Crippen molar-refractivity contribution in [2.75, 3.05) is 13.1 Å². The van der Waals surface area contributed by atoms with Crippen LogP contribution in [0.15, 0.2) is 28.8 Å². The number of ether oxygens (including phenoxy) is 1. The van der Waals surface area contributed by atoms with Crippen LogP contribution in [0.3, 0.4) is 0 Å². The lowest BCUT2D eigenvalue weighted by Gasteiger charge is -2.23. The van der Waals surface area contributed by atoms with Crippen LogP contribution < -0.4 is 15.4 Å². The van der Waals surface area contributed by atoms with Gasteiger partial charge in [-0.2, -0.15) is 4.98 Å². The SMILES string of the molecule is CCc1nc(COc2ccc(C(=O)NC3CCNCC3)cc2)no1.Cl. The van der Waals surface area contributed by atoms with Gasteiger partial charge in [0.15, 0.2) is 6.61 Å². The van der Waals surface area contributed by atoms with Crippen molar-refractivity contribution in [3.05, 3.63) is 41.5 Å². The Morgan fingerprint density at radius 2 is 2.04 bits per heavy atom. The zero-order valence-electron chi connectivity index (χ0n) is 14.2. The van der Waals surface area contributed by atoms with Crippen LogP contribution in [-0.4, -0.2) is 35.2 Å². The van der Waals surface area contributed by atoms with E-state index < -0.39 is 0 Å². The molecule has 0 radical (unpaired) electrons. The molecular formula is C17H23ClN4O3. The van der Waals surface area contributed by atoms with Crippen molar-refractivity contribution in [2.45, 2.75) is 38.8 Å². The number of aromatic nitrogens is 2. The highest BCUT2D eigenvalue weighted by Crippen LogP contribution is 2.14.